The number of halogens is 3. The summed E-state index contributed by atoms with van der Waals surface area (Å²) in [5.74, 6) is -1.05. The van der Waals surface area contributed by atoms with E-state index in [9.17, 15) is 24.8 Å². The zero-order valence-corrected chi connectivity index (χ0v) is 32.2. The van der Waals surface area contributed by atoms with Crippen molar-refractivity contribution in [1.82, 2.24) is 10.2 Å². The van der Waals surface area contributed by atoms with E-state index in [-0.39, 0.29) is 18.7 Å². The summed E-state index contributed by atoms with van der Waals surface area (Å²) in [6.07, 6.45) is 3.01. The molecule has 1 saturated carbocycles. The molecule has 0 spiro atoms. The van der Waals surface area contributed by atoms with Crippen LogP contribution in [-0.2, 0) is 15.9 Å². The molecule has 2 aliphatic rings. The van der Waals surface area contributed by atoms with E-state index in [0.717, 1.165) is 19.3 Å². The van der Waals surface area contributed by atoms with Crippen LogP contribution in [0.15, 0.2) is 121 Å². The van der Waals surface area contributed by atoms with Crippen molar-refractivity contribution in [2.45, 2.75) is 49.3 Å². The van der Waals surface area contributed by atoms with Gasteiger partial charge in [-0.05, 0) is 108 Å². The van der Waals surface area contributed by atoms with E-state index in [1.165, 1.54) is 17.0 Å². The molecule has 0 aromatic heterocycles. The van der Waals surface area contributed by atoms with Crippen molar-refractivity contribution in [3.63, 3.8) is 0 Å². The Morgan fingerprint density at radius 3 is 2.12 bits per heavy atom. The number of carbonyl (C=O) groups excluding carboxylic acids is 3. The summed E-state index contributed by atoms with van der Waals surface area (Å²) in [6, 6.07) is 32.7. The monoisotopic (exact) mass is 804 g/mol. The maximum absolute atomic E-state index is 15.9. The predicted molar refractivity (Wildman–Crippen MR) is 218 cm³/mol. The molecule has 5 amide bonds. The number of nitriles is 1. The third kappa shape index (κ3) is 9.05. The molecule has 13 heteroatoms. The first-order valence-electron chi connectivity index (χ1n) is 18.5. The summed E-state index contributed by atoms with van der Waals surface area (Å²) in [7, 11) is 0. The number of aliphatic hydroxyl groups is 1. The second-order valence-corrected chi connectivity index (χ2v) is 15.4. The molecule has 0 radical (unpaired) electrons. The number of hydrogen-bond donors (Lipinski definition) is 5. The Labute approximate surface area is 339 Å². The highest BCUT2D eigenvalue weighted by Gasteiger charge is 2.49. The van der Waals surface area contributed by atoms with Crippen molar-refractivity contribution >= 4 is 58.2 Å². The van der Waals surface area contributed by atoms with E-state index in [4.69, 9.17) is 23.2 Å². The first kappa shape index (κ1) is 39.3. The summed E-state index contributed by atoms with van der Waals surface area (Å²) in [6.45, 7) is -0.219. The van der Waals surface area contributed by atoms with Crippen molar-refractivity contribution in [1.29, 1.82) is 5.26 Å². The Kier molecular flexibility index (Phi) is 11.5. The molecule has 2 fully saturated rings. The van der Waals surface area contributed by atoms with Crippen LogP contribution in [0.1, 0.15) is 54.4 Å². The molecule has 1 saturated heterocycles. The molecule has 1 unspecified atom stereocenters. The fourth-order valence-electron chi connectivity index (χ4n) is 7.36. The van der Waals surface area contributed by atoms with Gasteiger partial charge in [-0.15, -0.1) is 0 Å². The second kappa shape index (κ2) is 16.7. The highest BCUT2D eigenvalue weighted by Crippen LogP contribution is 2.43. The number of nitrogens with zero attached hydrogens (tertiary/aromatic N) is 2. The highest BCUT2D eigenvalue weighted by atomic mass is 35.5. The fourth-order valence-corrected chi connectivity index (χ4v) is 7.61. The Hall–Kier alpha value is -5.93. The lowest BCUT2D eigenvalue weighted by Gasteiger charge is -2.37. The van der Waals surface area contributed by atoms with Gasteiger partial charge in [0.2, 0.25) is 5.91 Å². The number of carbonyl (C=O) groups is 3. The van der Waals surface area contributed by atoms with E-state index in [1.54, 1.807) is 109 Å². The summed E-state index contributed by atoms with van der Waals surface area (Å²) < 4.78 is 15.9. The third-order valence-electron chi connectivity index (χ3n) is 10.6. The van der Waals surface area contributed by atoms with Crippen molar-refractivity contribution in [3.8, 4) is 6.07 Å². The number of rotatable bonds is 11. The summed E-state index contributed by atoms with van der Waals surface area (Å²) in [5.41, 5.74) is -0.245. The van der Waals surface area contributed by atoms with Crippen LogP contribution in [0.5, 0.6) is 0 Å². The molecule has 1 heterocycles. The molecule has 5 aromatic rings. The smallest absolute Gasteiger partial charge is 0.322 e. The van der Waals surface area contributed by atoms with E-state index in [2.05, 4.69) is 27.3 Å². The lowest BCUT2D eigenvalue weighted by atomic mass is 9.78. The van der Waals surface area contributed by atoms with E-state index >= 15 is 4.39 Å². The Morgan fingerprint density at radius 2 is 1.47 bits per heavy atom. The molecular formula is C44H39Cl2FN6O4. The Bertz CT molecular complexity index is 2320. The van der Waals surface area contributed by atoms with E-state index < -0.39 is 41.0 Å². The lowest BCUT2D eigenvalue weighted by Crippen LogP contribution is -2.49. The van der Waals surface area contributed by atoms with Gasteiger partial charge in [0.25, 0.3) is 0 Å². The van der Waals surface area contributed by atoms with Crippen LogP contribution in [0.25, 0.3) is 0 Å². The molecule has 10 nitrogen and oxygen atoms in total. The number of benzene rings is 5. The molecule has 0 bridgehead atoms. The topological polar surface area (TPSA) is 147 Å². The van der Waals surface area contributed by atoms with Gasteiger partial charge in [0, 0.05) is 27.8 Å². The van der Waals surface area contributed by atoms with Crippen molar-refractivity contribution < 1.29 is 23.9 Å². The van der Waals surface area contributed by atoms with Gasteiger partial charge in [0.15, 0.2) is 0 Å². The van der Waals surface area contributed by atoms with Gasteiger partial charge in [-0.2, -0.15) is 5.26 Å². The zero-order chi connectivity index (χ0) is 40.2. The fraction of sp³-hybridized carbons (Fsp3) is 0.227. The number of hydrogen-bond acceptors (Lipinski definition) is 5. The zero-order valence-electron chi connectivity index (χ0n) is 30.6. The largest absolute Gasteiger partial charge is 0.383 e. The highest BCUT2D eigenvalue weighted by molar-refractivity contribution is 6.31. The van der Waals surface area contributed by atoms with Crippen LogP contribution in [-0.4, -0.2) is 40.6 Å². The summed E-state index contributed by atoms with van der Waals surface area (Å²) >= 11 is 12.1. The van der Waals surface area contributed by atoms with E-state index in [0.29, 0.717) is 56.0 Å². The van der Waals surface area contributed by atoms with Gasteiger partial charge >= 0.3 is 12.1 Å². The normalized spacial score (nSPS) is 18.5. The number of anilines is 3. The molecule has 57 heavy (non-hydrogen) atoms. The number of likely N-dealkylation sites (tertiary alicyclic amines) is 1. The van der Waals surface area contributed by atoms with Gasteiger partial charge in [-0.3, -0.25) is 4.79 Å². The van der Waals surface area contributed by atoms with Crippen LogP contribution in [0.4, 0.5) is 31.0 Å². The van der Waals surface area contributed by atoms with Crippen molar-refractivity contribution in [2.24, 2.45) is 5.92 Å². The van der Waals surface area contributed by atoms with Gasteiger partial charge in [0.05, 0.1) is 29.4 Å². The average molecular weight is 806 g/mol. The van der Waals surface area contributed by atoms with Crippen molar-refractivity contribution in [3.05, 3.63) is 159 Å². The van der Waals surface area contributed by atoms with E-state index in [1.807, 2.05) is 0 Å². The summed E-state index contributed by atoms with van der Waals surface area (Å²) in [4.78, 5) is 43.2. The second-order valence-electron chi connectivity index (χ2n) is 14.5. The van der Waals surface area contributed by atoms with Gasteiger partial charge in [-0.1, -0.05) is 84.6 Å². The number of amides is 5. The summed E-state index contributed by atoms with van der Waals surface area (Å²) in [5, 5.41) is 34.2. The molecule has 5 aromatic carbocycles. The lowest BCUT2D eigenvalue weighted by molar-refractivity contribution is -0.119. The molecule has 290 valence electrons. The third-order valence-corrected chi connectivity index (χ3v) is 11.1. The first-order chi connectivity index (χ1) is 27.4. The predicted octanol–water partition coefficient (Wildman–Crippen LogP) is 9.39. The molecular weight excluding hydrogens is 766 g/mol. The van der Waals surface area contributed by atoms with Crippen LogP contribution >= 0.6 is 23.2 Å². The minimum absolute atomic E-state index is 0.170. The van der Waals surface area contributed by atoms with Gasteiger partial charge in [-0.25, -0.2) is 14.0 Å². The van der Waals surface area contributed by atoms with Crippen LogP contribution in [0.3, 0.4) is 0 Å². The van der Waals surface area contributed by atoms with Crippen molar-refractivity contribution in [2.75, 3.05) is 22.5 Å². The molecule has 3 atom stereocenters. The minimum Gasteiger partial charge on any atom is -0.383 e. The van der Waals surface area contributed by atoms with Crippen LogP contribution < -0.4 is 21.3 Å². The number of β-amino-alcohol motifs (C(OH)–C–C–N with tert-alkyl or cyclic N) is 1. The van der Waals surface area contributed by atoms with Gasteiger partial charge < -0.3 is 31.3 Å². The number of nitrogens with one attached hydrogen (secondary N) is 4. The molecule has 1 aliphatic heterocycles. The number of urea groups is 2. The standard InChI is InChI=1S/C44H39Cl2FN6O4/c45-33-12-16-35(17-13-33)49-41(55)52-44(22-21-28-9-10-28,31-8-4-5-29(23-31)26-48)32-11-20-37(47)38(24-32)51-40(54)39-25-43(57,30-6-2-1-3-7-30)27-53(39)42(56)50-36-18-14-34(46)15-19-36/h1-8,11-20,23-24,28,39,57H,9-10,21-22,25,27H2,(H,50,56)(H,51,54)(H2,49,52,55)/t39-,43-,44?/m1/s1. The van der Waals surface area contributed by atoms with Gasteiger partial charge in [0.1, 0.15) is 17.5 Å². The minimum atomic E-state index is -1.59. The molecule has 1 aliphatic carbocycles. The SMILES string of the molecule is N#Cc1cccc(C(CCC2CC2)(NC(=O)Nc2ccc(Cl)cc2)c2ccc(F)c(NC(=O)[C@H]3C[C@](O)(c4ccccc4)CN3C(=O)Nc3ccc(Cl)cc3)c2)c1. The van der Waals surface area contributed by atoms with Crippen LogP contribution in [0, 0.1) is 23.1 Å². The Balaban J connectivity index is 1.24. The van der Waals surface area contributed by atoms with Crippen LogP contribution in [0.2, 0.25) is 10.0 Å². The maximum Gasteiger partial charge on any atom is 0.322 e. The Morgan fingerprint density at radius 1 is 0.825 bits per heavy atom. The average Bonchev–Trinajstić information content (AvgIpc) is 3.98. The molecule has 7 rings (SSSR count). The quantitative estimate of drug-likeness (QED) is 0.0903. The molecule has 5 N–H and O–H groups in total. The first-order valence-corrected chi connectivity index (χ1v) is 19.3. The maximum atomic E-state index is 15.9.